The Morgan fingerprint density at radius 1 is 1.30 bits per heavy atom. The first-order valence-corrected chi connectivity index (χ1v) is 6.46. The number of carbonyl (C=O) groups excluding carboxylic acids is 1. The zero-order valence-electron chi connectivity index (χ0n) is 11.2. The van der Waals surface area contributed by atoms with Crippen molar-refractivity contribution in [2.75, 3.05) is 20.3 Å². The minimum Gasteiger partial charge on any atom is -0.479 e. The Balaban J connectivity index is 2.09. The Labute approximate surface area is 117 Å². The Hall–Kier alpha value is -1.92. The molecule has 0 bridgehead atoms. The number of likely N-dealkylation sites (N-methyl/N-ethyl adjacent to an activating group) is 1. The summed E-state index contributed by atoms with van der Waals surface area (Å²) in [4.78, 5) is 23.5. The molecule has 20 heavy (non-hydrogen) atoms. The smallest absolute Gasteiger partial charge is 0.330 e. The van der Waals surface area contributed by atoms with E-state index in [-0.39, 0.29) is 17.9 Å². The molecule has 2 rings (SSSR count). The number of aliphatic carboxylic acids is 1. The molecule has 6 heteroatoms. The summed E-state index contributed by atoms with van der Waals surface area (Å²) in [6, 6.07) is 7.52. The Morgan fingerprint density at radius 2 is 2.00 bits per heavy atom. The van der Waals surface area contributed by atoms with Gasteiger partial charge in [-0.15, -0.1) is 0 Å². The van der Waals surface area contributed by atoms with Crippen LogP contribution in [-0.2, 0) is 14.3 Å². The van der Waals surface area contributed by atoms with Gasteiger partial charge in [-0.3, -0.25) is 4.79 Å². The second-order valence-electron chi connectivity index (χ2n) is 4.73. The summed E-state index contributed by atoms with van der Waals surface area (Å²) in [5.74, 6) is -1.76. The topological polar surface area (TPSA) is 87.7 Å². The van der Waals surface area contributed by atoms with E-state index in [4.69, 9.17) is 4.74 Å². The van der Waals surface area contributed by atoms with E-state index in [0.29, 0.717) is 18.8 Å². The van der Waals surface area contributed by atoms with Crippen LogP contribution in [0.3, 0.4) is 0 Å². The molecular formula is C14H18N2O4. The molecule has 6 nitrogen and oxygen atoms in total. The minimum atomic E-state index is -1.08. The van der Waals surface area contributed by atoms with E-state index in [1.165, 1.54) is 0 Å². The first kappa shape index (κ1) is 14.5. The van der Waals surface area contributed by atoms with Gasteiger partial charge in [0.05, 0.1) is 19.1 Å². The predicted molar refractivity (Wildman–Crippen MR) is 72.1 cm³/mol. The molecule has 1 fully saturated rings. The third-order valence-corrected chi connectivity index (χ3v) is 3.45. The van der Waals surface area contributed by atoms with Gasteiger partial charge in [0.25, 0.3) is 0 Å². The maximum atomic E-state index is 12.2. The molecule has 0 radical (unpaired) electrons. The summed E-state index contributed by atoms with van der Waals surface area (Å²) in [5, 5.41) is 14.9. The quantitative estimate of drug-likeness (QED) is 0.714. The van der Waals surface area contributed by atoms with Gasteiger partial charge < -0.3 is 20.5 Å². The molecule has 108 valence electrons. The summed E-state index contributed by atoms with van der Waals surface area (Å²) in [6.07, 6.45) is 0. The van der Waals surface area contributed by atoms with E-state index in [2.05, 4.69) is 10.6 Å². The molecule has 1 saturated heterocycles. The lowest BCUT2D eigenvalue weighted by Crippen LogP contribution is -2.45. The first-order chi connectivity index (χ1) is 9.63. The summed E-state index contributed by atoms with van der Waals surface area (Å²) in [6.45, 7) is 0.760. The number of carbonyl (C=O) groups is 2. The van der Waals surface area contributed by atoms with Crippen molar-refractivity contribution in [3.63, 3.8) is 0 Å². The highest BCUT2D eigenvalue weighted by Crippen LogP contribution is 2.17. The van der Waals surface area contributed by atoms with Gasteiger partial charge in [-0.25, -0.2) is 4.79 Å². The molecule has 1 aromatic rings. The summed E-state index contributed by atoms with van der Waals surface area (Å²) >= 11 is 0. The highest BCUT2D eigenvalue weighted by molar-refractivity contribution is 5.86. The van der Waals surface area contributed by atoms with Crippen LogP contribution in [0.5, 0.6) is 0 Å². The monoisotopic (exact) mass is 278 g/mol. The fourth-order valence-corrected chi connectivity index (χ4v) is 2.28. The van der Waals surface area contributed by atoms with Crippen molar-refractivity contribution in [2.24, 2.45) is 5.92 Å². The maximum Gasteiger partial charge on any atom is 0.330 e. The molecule has 3 atom stereocenters. The number of carboxylic acid groups (broad SMARTS) is 1. The van der Waals surface area contributed by atoms with Gasteiger partial charge in [0.1, 0.15) is 0 Å². The Kier molecular flexibility index (Phi) is 4.70. The second-order valence-corrected chi connectivity index (χ2v) is 4.73. The zero-order valence-corrected chi connectivity index (χ0v) is 11.2. The van der Waals surface area contributed by atoms with Crippen LogP contribution in [0.25, 0.3) is 0 Å². The number of hydrogen-bond donors (Lipinski definition) is 3. The van der Waals surface area contributed by atoms with Crippen molar-refractivity contribution in [3.8, 4) is 0 Å². The SMILES string of the molecule is CNC1COCC1C(=O)N[C@H](C(=O)O)c1ccccc1. The van der Waals surface area contributed by atoms with Gasteiger partial charge in [0.15, 0.2) is 6.04 Å². The van der Waals surface area contributed by atoms with Gasteiger partial charge in [-0.1, -0.05) is 30.3 Å². The van der Waals surface area contributed by atoms with Crippen molar-refractivity contribution in [3.05, 3.63) is 35.9 Å². The van der Waals surface area contributed by atoms with Gasteiger partial charge >= 0.3 is 5.97 Å². The van der Waals surface area contributed by atoms with Crippen LogP contribution in [-0.4, -0.2) is 43.3 Å². The van der Waals surface area contributed by atoms with E-state index < -0.39 is 12.0 Å². The highest BCUT2D eigenvalue weighted by atomic mass is 16.5. The standard InChI is InChI=1S/C14H18N2O4/c1-15-11-8-20-7-10(11)13(17)16-12(14(18)19)9-5-3-2-4-6-9/h2-6,10-12,15H,7-8H2,1H3,(H,16,17)(H,18,19)/t10?,11?,12-/m0/s1. The molecule has 1 heterocycles. The van der Waals surface area contributed by atoms with E-state index >= 15 is 0 Å². The fourth-order valence-electron chi connectivity index (χ4n) is 2.28. The lowest BCUT2D eigenvalue weighted by atomic mass is 10.0. The number of rotatable bonds is 5. The lowest BCUT2D eigenvalue weighted by molar-refractivity contribution is -0.142. The molecule has 1 amide bonds. The molecule has 0 saturated carbocycles. The third-order valence-electron chi connectivity index (χ3n) is 3.45. The fraction of sp³-hybridized carbons (Fsp3) is 0.429. The van der Waals surface area contributed by atoms with Crippen LogP contribution in [0.4, 0.5) is 0 Å². The molecule has 0 aliphatic carbocycles. The summed E-state index contributed by atoms with van der Waals surface area (Å²) in [5.41, 5.74) is 0.549. The number of benzene rings is 1. The van der Waals surface area contributed by atoms with E-state index in [1.54, 1.807) is 37.4 Å². The van der Waals surface area contributed by atoms with Crippen LogP contribution in [0, 0.1) is 5.92 Å². The van der Waals surface area contributed by atoms with E-state index in [0.717, 1.165) is 0 Å². The lowest BCUT2D eigenvalue weighted by Gasteiger charge is -2.20. The number of hydrogen-bond acceptors (Lipinski definition) is 4. The van der Waals surface area contributed by atoms with E-state index in [9.17, 15) is 14.7 Å². The molecule has 1 aliphatic heterocycles. The summed E-state index contributed by atoms with van der Waals surface area (Å²) < 4.78 is 5.26. The van der Waals surface area contributed by atoms with Gasteiger partial charge in [0, 0.05) is 6.04 Å². The van der Waals surface area contributed by atoms with Gasteiger partial charge in [0.2, 0.25) is 5.91 Å². The van der Waals surface area contributed by atoms with Crippen molar-refractivity contribution < 1.29 is 19.4 Å². The maximum absolute atomic E-state index is 12.2. The van der Waals surface area contributed by atoms with Crippen molar-refractivity contribution >= 4 is 11.9 Å². The normalized spacial score (nSPS) is 23.2. The number of amides is 1. The van der Waals surface area contributed by atoms with Crippen LogP contribution < -0.4 is 10.6 Å². The minimum absolute atomic E-state index is 0.0831. The number of carboxylic acids is 1. The molecule has 0 spiro atoms. The van der Waals surface area contributed by atoms with Gasteiger partial charge in [-0.2, -0.15) is 0 Å². The molecule has 1 aliphatic rings. The predicted octanol–water partition coefficient (Wildman–Crippen LogP) is 0.163. The Morgan fingerprint density at radius 3 is 2.60 bits per heavy atom. The molecule has 3 N–H and O–H groups in total. The van der Waals surface area contributed by atoms with Crippen LogP contribution in [0.2, 0.25) is 0 Å². The third kappa shape index (κ3) is 3.15. The molecule has 2 unspecified atom stereocenters. The molecule has 1 aromatic carbocycles. The average Bonchev–Trinajstić information content (AvgIpc) is 2.93. The summed E-state index contributed by atoms with van der Waals surface area (Å²) in [7, 11) is 1.76. The van der Waals surface area contributed by atoms with Crippen LogP contribution in [0.1, 0.15) is 11.6 Å². The first-order valence-electron chi connectivity index (χ1n) is 6.46. The van der Waals surface area contributed by atoms with Crippen LogP contribution >= 0.6 is 0 Å². The Bertz CT molecular complexity index is 477. The van der Waals surface area contributed by atoms with Crippen molar-refractivity contribution in [2.45, 2.75) is 12.1 Å². The molecular weight excluding hydrogens is 260 g/mol. The average molecular weight is 278 g/mol. The van der Waals surface area contributed by atoms with E-state index in [1.807, 2.05) is 0 Å². The van der Waals surface area contributed by atoms with Crippen molar-refractivity contribution in [1.82, 2.24) is 10.6 Å². The number of ether oxygens (including phenoxy) is 1. The second kappa shape index (κ2) is 6.49. The largest absolute Gasteiger partial charge is 0.479 e. The van der Waals surface area contributed by atoms with Crippen molar-refractivity contribution in [1.29, 1.82) is 0 Å². The van der Waals surface area contributed by atoms with Crippen LogP contribution in [0.15, 0.2) is 30.3 Å². The zero-order chi connectivity index (χ0) is 14.5. The van der Waals surface area contributed by atoms with Gasteiger partial charge in [-0.05, 0) is 12.6 Å². The number of nitrogens with one attached hydrogen (secondary N) is 2. The molecule has 0 aromatic heterocycles. The highest BCUT2D eigenvalue weighted by Gasteiger charge is 2.35.